The molecule has 0 aliphatic carbocycles. The van der Waals surface area contributed by atoms with Gasteiger partial charge in [0.05, 0.1) is 5.54 Å². The van der Waals surface area contributed by atoms with E-state index in [1.807, 2.05) is 0 Å². The Morgan fingerprint density at radius 1 is 1.29 bits per heavy atom. The molecule has 0 aliphatic heterocycles. The van der Waals surface area contributed by atoms with Crippen LogP contribution in [0.15, 0.2) is 18.2 Å². The van der Waals surface area contributed by atoms with E-state index in [0.29, 0.717) is 15.6 Å². The summed E-state index contributed by atoms with van der Waals surface area (Å²) in [6.07, 6.45) is 5.28. The molecule has 2 nitrogen and oxygen atoms in total. The minimum atomic E-state index is -0.703. The van der Waals surface area contributed by atoms with Gasteiger partial charge in [-0.1, -0.05) is 29.1 Å². The number of terminal acetylenes is 1. The summed E-state index contributed by atoms with van der Waals surface area (Å²) in [7, 11) is 0. The fourth-order valence-corrected chi connectivity index (χ4v) is 1.60. The van der Waals surface area contributed by atoms with Crippen molar-refractivity contribution < 1.29 is 4.79 Å². The molecule has 86 valence electrons. The van der Waals surface area contributed by atoms with Crippen molar-refractivity contribution in [3.63, 3.8) is 0 Å². The van der Waals surface area contributed by atoms with Crippen LogP contribution in [0.2, 0.25) is 10.0 Å². The zero-order valence-electron chi connectivity index (χ0n) is 8.97. The molecule has 0 saturated carbocycles. The molecule has 5 heteroatoms. The van der Waals surface area contributed by atoms with E-state index >= 15 is 0 Å². The molecule has 0 aliphatic rings. The minimum absolute atomic E-state index is 0. The summed E-state index contributed by atoms with van der Waals surface area (Å²) in [6.45, 7) is 3.47. The summed E-state index contributed by atoms with van der Waals surface area (Å²) >= 11 is 11.6. The van der Waals surface area contributed by atoms with Crippen LogP contribution in [0.1, 0.15) is 24.2 Å². The van der Waals surface area contributed by atoms with Crippen molar-refractivity contribution in [3.8, 4) is 12.3 Å². The standard InChI is InChI=1S/C12H11Cl2NO.Na.H/c1-4-12(2,3)15-11(16)8-5-9(13)7-10(14)6-8;;/h1,5-7H,2-3H3,(H,15,16);;. The van der Waals surface area contributed by atoms with Gasteiger partial charge in [0.15, 0.2) is 0 Å². The Morgan fingerprint density at radius 3 is 2.18 bits per heavy atom. The number of benzene rings is 1. The normalized spacial score (nSPS) is 10.1. The molecule has 0 aromatic heterocycles. The van der Waals surface area contributed by atoms with Crippen LogP contribution in [0.25, 0.3) is 0 Å². The number of halogens is 2. The molecule has 0 radical (unpaired) electrons. The second kappa shape index (κ2) is 6.68. The number of amides is 1. The van der Waals surface area contributed by atoms with Gasteiger partial charge in [-0.2, -0.15) is 0 Å². The summed E-state index contributed by atoms with van der Waals surface area (Å²) < 4.78 is 0. The van der Waals surface area contributed by atoms with Gasteiger partial charge >= 0.3 is 29.6 Å². The number of nitrogens with one attached hydrogen (secondary N) is 1. The van der Waals surface area contributed by atoms with Gasteiger partial charge in [0.1, 0.15) is 0 Å². The molecule has 0 spiro atoms. The molecule has 0 bridgehead atoms. The van der Waals surface area contributed by atoms with Crippen molar-refractivity contribution in [2.45, 2.75) is 19.4 Å². The first-order chi connectivity index (χ1) is 7.34. The van der Waals surface area contributed by atoms with E-state index in [-0.39, 0.29) is 35.5 Å². The van der Waals surface area contributed by atoms with Gasteiger partial charge < -0.3 is 5.32 Å². The monoisotopic (exact) mass is 279 g/mol. The fraction of sp³-hybridized carbons (Fsp3) is 0.250. The molecule has 0 unspecified atom stereocenters. The fourth-order valence-electron chi connectivity index (χ4n) is 1.08. The third-order valence-corrected chi connectivity index (χ3v) is 2.35. The van der Waals surface area contributed by atoms with Crippen molar-refractivity contribution in [1.82, 2.24) is 5.32 Å². The quantitative estimate of drug-likeness (QED) is 0.654. The maximum absolute atomic E-state index is 11.8. The van der Waals surface area contributed by atoms with E-state index in [1.165, 1.54) is 12.1 Å². The molecule has 1 amide bonds. The Balaban J connectivity index is 0.00000256. The van der Waals surface area contributed by atoms with Gasteiger partial charge in [-0.05, 0) is 32.0 Å². The first kappa shape index (κ1) is 16.8. The van der Waals surface area contributed by atoms with Crippen LogP contribution in [-0.2, 0) is 0 Å². The van der Waals surface area contributed by atoms with Crippen LogP contribution >= 0.6 is 23.2 Å². The molecule has 1 aromatic carbocycles. The molecule has 0 atom stereocenters. The van der Waals surface area contributed by atoms with Crippen molar-refractivity contribution in [3.05, 3.63) is 33.8 Å². The van der Waals surface area contributed by atoms with E-state index in [1.54, 1.807) is 19.9 Å². The summed E-state index contributed by atoms with van der Waals surface area (Å²) in [5, 5.41) is 3.51. The van der Waals surface area contributed by atoms with Gasteiger partial charge in [-0.15, -0.1) is 6.42 Å². The Hall–Kier alpha value is -0.170. The SMILES string of the molecule is C#CC(C)(C)NC(=O)c1cc(Cl)cc(Cl)c1.[NaH]. The number of rotatable bonds is 2. The summed E-state index contributed by atoms with van der Waals surface area (Å²) in [5.41, 5.74) is -0.313. The molecule has 0 heterocycles. The van der Waals surface area contributed by atoms with Crippen LogP contribution in [-0.4, -0.2) is 41.0 Å². The average molecular weight is 280 g/mol. The number of hydrogen-bond acceptors (Lipinski definition) is 1. The topological polar surface area (TPSA) is 29.1 Å². The van der Waals surface area contributed by atoms with Crippen LogP contribution in [0.5, 0.6) is 0 Å². The maximum atomic E-state index is 11.8. The van der Waals surface area contributed by atoms with Crippen LogP contribution in [0.4, 0.5) is 0 Å². The molecule has 0 saturated heterocycles. The summed E-state index contributed by atoms with van der Waals surface area (Å²) in [4.78, 5) is 11.8. The van der Waals surface area contributed by atoms with Gasteiger partial charge in [0, 0.05) is 15.6 Å². The second-order valence-electron chi connectivity index (χ2n) is 3.88. The third-order valence-electron chi connectivity index (χ3n) is 1.91. The first-order valence-corrected chi connectivity index (χ1v) is 5.36. The van der Waals surface area contributed by atoms with Gasteiger partial charge in [0.2, 0.25) is 0 Å². The third kappa shape index (κ3) is 5.33. The van der Waals surface area contributed by atoms with E-state index < -0.39 is 5.54 Å². The predicted molar refractivity (Wildman–Crippen MR) is 74.0 cm³/mol. The van der Waals surface area contributed by atoms with Gasteiger partial charge in [0.25, 0.3) is 5.91 Å². The average Bonchev–Trinajstić information content (AvgIpc) is 2.15. The summed E-state index contributed by atoms with van der Waals surface area (Å²) in [6, 6.07) is 4.64. The summed E-state index contributed by atoms with van der Waals surface area (Å²) in [5.74, 6) is 2.17. The van der Waals surface area contributed by atoms with Crippen molar-refractivity contribution in [2.24, 2.45) is 0 Å². The van der Waals surface area contributed by atoms with Crippen molar-refractivity contribution in [2.75, 3.05) is 0 Å². The number of hydrogen-bond donors (Lipinski definition) is 1. The molecular weight excluding hydrogens is 268 g/mol. The zero-order chi connectivity index (χ0) is 12.3. The van der Waals surface area contributed by atoms with Crippen LogP contribution < -0.4 is 5.32 Å². The van der Waals surface area contributed by atoms with Crippen LogP contribution in [0, 0.1) is 12.3 Å². The van der Waals surface area contributed by atoms with E-state index in [0.717, 1.165) is 0 Å². The number of carbonyl (C=O) groups is 1. The van der Waals surface area contributed by atoms with E-state index in [9.17, 15) is 4.79 Å². The van der Waals surface area contributed by atoms with Gasteiger partial charge in [-0.25, -0.2) is 0 Å². The Morgan fingerprint density at radius 2 is 1.76 bits per heavy atom. The molecule has 0 fully saturated rings. The van der Waals surface area contributed by atoms with E-state index in [4.69, 9.17) is 29.6 Å². The second-order valence-corrected chi connectivity index (χ2v) is 4.75. The molecule has 1 aromatic rings. The molecular formula is C12H12Cl2NNaO. The van der Waals surface area contributed by atoms with Gasteiger partial charge in [-0.3, -0.25) is 4.79 Å². The van der Waals surface area contributed by atoms with E-state index in [2.05, 4.69) is 11.2 Å². The van der Waals surface area contributed by atoms with Crippen LogP contribution in [0.3, 0.4) is 0 Å². The Kier molecular flexibility index (Phi) is 6.61. The molecule has 1 rings (SSSR count). The number of carbonyl (C=O) groups excluding carboxylic acids is 1. The zero-order valence-corrected chi connectivity index (χ0v) is 10.5. The predicted octanol–water partition coefficient (Wildman–Crippen LogP) is 2.49. The Bertz CT molecular complexity index is 446. The van der Waals surface area contributed by atoms with Crippen molar-refractivity contribution in [1.29, 1.82) is 0 Å². The molecule has 1 N–H and O–H groups in total. The first-order valence-electron chi connectivity index (χ1n) is 4.60. The Labute approximate surface area is 133 Å². The molecule has 17 heavy (non-hydrogen) atoms. The van der Waals surface area contributed by atoms with Crippen molar-refractivity contribution >= 4 is 58.7 Å².